The zero-order valence-electron chi connectivity index (χ0n) is 16.5. The van der Waals surface area contributed by atoms with Crippen molar-refractivity contribution in [1.29, 1.82) is 0 Å². The van der Waals surface area contributed by atoms with Crippen LogP contribution in [0.2, 0.25) is 0 Å². The van der Waals surface area contributed by atoms with E-state index in [9.17, 15) is 16.8 Å². The van der Waals surface area contributed by atoms with E-state index < -0.39 is 25.1 Å². The first-order valence-corrected chi connectivity index (χ1v) is 12.7. The van der Waals surface area contributed by atoms with Crippen molar-refractivity contribution in [3.8, 4) is 5.75 Å². The van der Waals surface area contributed by atoms with Gasteiger partial charge in [0.25, 0.3) is 0 Å². The summed E-state index contributed by atoms with van der Waals surface area (Å²) in [5, 5.41) is -0.562. The number of piperidine rings is 1. The van der Waals surface area contributed by atoms with Crippen molar-refractivity contribution in [2.45, 2.75) is 59.7 Å². The number of aryl methyl sites for hydroxylation is 1. The minimum atomic E-state index is -3.78. The van der Waals surface area contributed by atoms with Gasteiger partial charge in [-0.05, 0) is 62.4 Å². The highest BCUT2D eigenvalue weighted by Gasteiger charge is 2.50. The molecule has 2 aliphatic heterocycles. The molecule has 156 valence electrons. The van der Waals surface area contributed by atoms with Crippen LogP contribution in [-0.4, -0.2) is 45.6 Å². The van der Waals surface area contributed by atoms with E-state index >= 15 is 0 Å². The summed E-state index contributed by atoms with van der Waals surface area (Å²) in [6.45, 7) is 1.84. The fourth-order valence-corrected chi connectivity index (χ4v) is 8.64. The smallest absolute Gasteiger partial charge is 0.247 e. The molecule has 2 saturated heterocycles. The summed E-state index contributed by atoms with van der Waals surface area (Å²) in [6, 6.07) is 12.9. The summed E-state index contributed by atoms with van der Waals surface area (Å²) in [7, 11) is -5.82. The molecule has 2 atom stereocenters. The third kappa shape index (κ3) is 3.47. The lowest BCUT2D eigenvalue weighted by atomic mass is 10.1. The van der Waals surface area contributed by atoms with Crippen molar-refractivity contribution < 1.29 is 21.6 Å². The molecular formula is C21H25NO5S2. The number of hydrogen-bond donors (Lipinski definition) is 0. The first kappa shape index (κ1) is 20.4. The minimum Gasteiger partial charge on any atom is -0.495 e. The van der Waals surface area contributed by atoms with E-state index in [1.54, 1.807) is 46.8 Å². The average molecular weight is 436 g/mol. The molecule has 2 bridgehead atoms. The Morgan fingerprint density at radius 1 is 0.931 bits per heavy atom. The van der Waals surface area contributed by atoms with Gasteiger partial charge in [-0.25, -0.2) is 16.8 Å². The minimum absolute atomic E-state index is 0.154. The predicted molar refractivity (Wildman–Crippen MR) is 110 cm³/mol. The lowest BCUT2D eigenvalue weighted by Gasteiger charge is -2.37. The standard InChI is InChI=1S/C21H25NO5S2/c1-15-8-11-20(27-2)21(12-15)29(25,26)22-16-9-10-17(22)14-19(13-16)28(23,24)18-6-4-3-5-7-18/h3-8,11-12,16-17,19H,9-10,13-14H2,1-2H3. The highest BCUT2D eigenvalue weighted by molar-refractivity contribution is 7.92. The molecule has 0 saturated carbocycles. The summed E-state index contributed by atoms with van der Waals surface area (Å²) >= 11 is 0. The number of benzene rings is 2. The van der Waals surface area contributed by atoms with E-state index in [0.717, 1.165) is 5.56 Å². The number of hydrogen-bond acceptors (Lipinski definition) is 5. The molecule has 0 N–H and O–H groups in total. The zero-order valence-corrected chi connectivity index (χ0v) is 18.1. The van der Waals surface area contributed by atoms with Crippen molar-refractivity contribution in [2.75, 3.05) is 7.11 Å². The first-order chi connectivity index (χ1) is 13.7. The van der Waals surface area contributed by atoms with E-state index in [-0.39, 0.29) is 17.0 Å². The predicted octanol–water partition coefficient (Wildman–Crippen LogP) is 3.16. The molecule has 0 radical (unpaired) electrons. The van der Waals surface area contributed by atoms with Crippen molar-refractivity contribution in [2.24, 2.45) is 0 Å². The molecular weight excluding hydrogens is 410 g/mol. The Hall–Kier alpha value is -1.90. The van der Waals surface area contributed by atoms with Crippen LogP contribution in [0.25, 0.3) is 0 Å². The van der Waals surface area contributed by atoms with Crippen LogP contribution in [-0.2, 0) is 19.9 Å². The Balaban J connectivity index is 1.66. The molecule has 0 aliphatic carbocycles. The molecule has 4 rings (SSSR count). The van der Waals surface area contributed by atoms with E-state index in [0.29, 0.717) is 36.3 Å². The molecule has 2 aromatic rings. The second kappa shape index (κ2) is 7.41. The van der Waals surface area contributed by atoms with E-state index in [4.69, 9.17) is 4.74 Å². The van der Waals surface area contributed by atoms with Crippen LogP contribution in [0.1, 0.15) is 31.2 Å². The summed E-state index contributed by atoms with van der Waals surface area (Å²) in [5.74, 6) is 0.314. The number of rotatable bonds is 5. The van der Waals surface area contributed by atoms with E-state index in [1.807, 2.05) is 13.0 Å². The zero-order chi connectivity index (χ0) is 20.8. The molecule has 0 spiro atoms. The lowest BCUT2D eigenvalue weighted by molar-refractivity contribution is 0.248. The highest BCUT2D eigenvalue weighted by atomic mass is 32.2. The molecule has 29 heavy (non-hydrogen) atoms. The molecule has 2 aliphatic rings. The Morgan fingerprint density at radius 2 is 1.55 bits per heavy atom. The Morgan fingerprint density at radius 3 is 2.14 bits per heavy atom. The molecule has 0 aromatic heterocycles. The van der Waals surface area contributed by atoms with Crippen LogP contribution in [0.3, 0.4) is 0 Å². The van der Waals surface area contributed by atoms with Crippen molar-refractivity contribution in [3.63, 3.8) is 0 Å². The van der Waals surface area contributed by atoms with Crippen molar-refractivity contribution in [3.05, 3.63) is 54.1 Å². The fraction of sp³-hybridized carbons (Fsp3) is 0.429. The molecule has 2 aromatic carbocycles. The Kier molecular flexibility index (Phi) is 5.21. The average Bonchev–Trinajstić information content (AvgIpc) is 2.99. The summed E-state index contributed by atoms with van der Waals surface area (Å²) in [5.41, 5.74) is 0.832. The maximum Gasteiger partial charge on any atom is 0.247 e. The maximum atomic E-state index is 13.5. The van der Waals surface area contributed by atoms with Gasteiger partial charge in [-0.1, -0.05) is 24.3 Å². The molecule has 2 unspecified atom stereocenters. The van der Waals surface area contributed by atoms with Gasteiger partial charge in [0.05, 0.1) is 17.3 Å². The molecule has 8 heteroatoms. The number of fused-ring (bicyclic) bond motifs is 2. The number of sulfonamides is 1. The molecule has 0 amide bonds. The fourth-order valence-electron chi connectivity index (χ4n) is 4.63. The number of nitrogens with zero attached hydrogens (tertiary/aromatic N) is 1. The van der Waals surface area contributed by atoms with Crippen LogP contribution in [0.5, 0.6) is 5.75 Å². The second-order valence-corrected chi connectivity index (χ2v) is 11.9. The Labute approximate surface area is 172 Å². The second-order valence-electron chi connectivity index (χ2n) is 7.83. The van der Waals surface area contributed by atoms with E-state index in [2.05, 4.69) is 0 Å². The first-order valence-electron chi connectivity index (χ1n) is 9.72. The molecule has 2 fully saturated rings. The third-order valence-electron chi connectivity index (χ3n) is 6.01. The van der Waals surface area contributed by atoms with Gasteiger partial charge in [0, 0.05) is 12.1 Å². The summed E-state index contributed by atoms with van der Waals surface area (Å²) < 4.78 is 60.0. The quantitative estimate of drug-likeness (QED) is 0.721. The number of sulfone groups is 1. The van der Waals surface area contributed by atoms with Crippen LogP contribution in [0.15, 0.2) is 58.3 Å². The molecule has 6 nitrogen and oxygen atoms in total. The SMILES string of the molecule is COc1ccc(C)cc1S(=O)(=O)N1C2CCC1CC(S(=O)(=O)c1ccccc1)C2. The van der Waals surface area contributed by atoms with E-state index in [1.165, 1.54) is 7.11 Å². The maximum absolute atomic E-state index is 13.5. The van der Waals surface area contributed by atoms with Gasteiger partial charge in [-0.15, -0.1) is 0 Å². The number of methoxy groups -OCH3 is 1. The lowest BCUT2D eigenvalue weighted by Crippen LogP contribution is -2.49. The van der Waals surface area contributed by atoms with Gasteiger partial charge < -0.3 is 4.74 Å². The van der Waals surface area contributed by atoms with Crippen molar-refractivity contribution in [1.82, 2.24) is 4.31 Å². The van der Waals surface area contributed by atoms with Crippen LogP contribution >= 0.6 is 0 Å². The summed E-state index contributed by atoms with van der Waals surface area (Å²) in [6.07, 6.45) is 2.00. The van der Waals surface area contributed by atoms with Crippen molar-refractivity contribution >= 4 is 19.9 Å². The topological polar surface area (TPSA) is 80.8 Å². The Bertz CT molecular complexity index is 1100. The number of ether oxygens (including phenoxy) is 1. The largest absolute Gasteiger partial charge is 0.495 e. The van der Waals surface area contributed by atoms with Gasteiger partial charge in [-0.3, -0.25) is 0 Å². The van der Waals surface area contributed by atoms with Crippen LogP contribution in [0, 0.1) is 6.92 Å². The summed E-state index contributed by atoms with van der Waals surface area (Å²) in [4.78, 5) is 0.460. The van der Waals surface area contributed by atoms with Gasteiger partial charge in [0.15, 0.2) is 9.84 Å². The van der Waals surface area contributed by atoms with Crippen LogP contribution < -0.4 is 4.74 Å². The van der Waals surface area contributed by atoms with Crippen LogP contribution in [0.4, 0.5) is 0 Å². The highest BCUT2D eigenvalue weighted by Crippen LogP contribution is 2.44. The normalized spacial score (nSPS) is 25.1. The third-order valence-corrected chi connectivity index (χ3v) is 10.2. The van der Waals surface area contributed by atoms with Gasteiger partial charge in [0.1, 0.15) is 10.6 Å². The molecule has 2 heterocycles. The van der Waals surface area contributed by atoms with Gasteiger partial charge in [0.2, 0.25) is 10.0 Å². The van der Waals surface area contributed by atoms with Gasteiger partial charge in [-0.2, -0.15) is 4.31 Å². The van der Waals surface area contributed by atoms with Gasteiger partial charge >= 0.3 is 0 Å². The monoisotopic (exact) mass is 435 g/mol.